The van der Waals surface area contributed by atoms with E-state index in [1.165, 1.54) is 16.1 Å². The number of nitrogens with zero attached hydrogens (tertiary/aromatic N) is 2. The number of piperazine rings is 1. The molecule has 0 aromatic heterocycles. The first kappa shape index (κ1) is 16.0. The van der Waals surface area contributed by atoms with Crippen LogP contribution >= 0.6 is 0 Å². The van der Waals surface area contributed by atoms with E-state index in [0.29, 0.717) is 32.6 Å². The predicted octanol–water partition coefficient (Wildman–Crippen LogP) is 1.03. The quantitative estimate of drug-likeness (QED) is 0.834. The molecule has 0 N–H and O–H groups in total. The van der Waals surface area contributed by atoms with Crippen molar-refractivity contribution in [3.8, 4) is 0 Å². The van der Waals surface area contributed by atoms with E-state index in [1.54, 1.807) is 4.90 Å². The van der Waals surface area contributed by atoms with Crippen LogP contribution < -0.4 is 0 Å². The van der Waals surface area contributed by atoms with Gasteiger partial charge in [0.1, 0.15) is 0 Å². The summed E-state index contributed by atoms with van der Waals surface area (Å²) in [6, 6.07) is 8.18. The summed E-state index contributed by atoms with van der Waals surface area (Å²) < 4.78 is 24.3. The molecule has 1 saturated heterocycles. The highest BCUT2D eigenvalue weighted by Crippen LogP contribution is 2.10. The number of hydrogen-bond donors (Lipinski definition) is 0. The summed E-state index contributed by atoms with van der Waals surface area (Å²) in [6.07, 6.45) is 2.41. The molecule has 1 aliphatic heterocycles. The maximum atomic E-state index is 12.2. The van der Waals surface area contributed by atoms with Gasteiger partial charge in [-0.1, -0.05) is 29.8 Å². The number of rotatable bonds is 4. The largest absolute Gasteiger partial charge is 0.340 e. The number of aryl methyl sites for hydroxylation is 2. The van der Waals surface area contributed by atoms with Gasteiger partial charge >= 0.3 is 0 Å². The molecule has 0 atom stereocenters. The first-order valence-electron chi connectivity index (χ1n) is 7.15. The van der Waals surface area contributed by atoms with Gasteiger partial charge in [-0.15, -0.1) is 0 Å². The van der Waals surface area contributed by atoms with Gasteiger partial charge in [0, 0.05) is 32.6 Å². The number of benzene rings is 1. The minimum atomic E-state index is -3.14. The lowest BCUT2D eigenvalue weighted by molar-refractivity contribution is -0.132. The molecule has 1 amide bonds. The van der Waals surface area contributed by atoms with E-state index in [2.05, 4.69) is 0 Å². The van der Waals surface area contributed by atoms with E-state index in [1.807, 2.05) is 31.2 Å². The molecule has 1 aliphatic rings. The summed E-state index contributed by atoms with van der Waals surface area (Å²) in [5.74, 6) is 0.101. The third-order valence-electron chi connectivity index (χ3n) is 3.81. The molecule has 0 spiro atoms. The lowest BCUT2D eigenvalue weighted by Gasteiger charge is -2.33. The van der Waals surface area contributed by atoms with Crippen molar-refractivity contribution in [2.75, 3.05) is 32.4 Å². The van der Waals surface area contributed by atoms with Crippen molar-refractivity contribution in [1.82, 2.24) is 9.21 Å². The van der Waals surface area contributed by atoms with Crippen molar-refractivity contribution in [3.63, 3.8) is 0 Å². The van der Waals surface area contributed by atoms with E-state index in [-0.39, 0.29) is 5.91 Å². The molecule has 1 aromatic rings. The molecule has 0 saturated carbocycles. The zero-order valence-electron chi connectivity index (χ0n) is 12.6. The summed E-state index contributed by atoms with van der Waals surface area (Å²) in [5.41, 5.74) is 2.37. The van der Waals surface area contributed by atoms with Crippen LogP contribution in [0.15, 0.2) is 24.3 Å². The van der Waals surface area contributed by atoms with Crippen LogP contribution in [-0.4, -0.2) is 56.0 Å². The van der Waals surface area contributed by atoms with Crippen molar-refractivity contribution in [2.45, 2.75) is 19.8 Å². The number of carbonyl (C=O) groups is 1. The maximum Gasteiger partial charge on any atom is 0.222 e. The predicted molar refractivity (Wildman–Crippen MR) is 82.5 cm³/mol. The molecule has 1 fully saturated rings. The van der Waals surface area contributed by atoms with Gasteiger partial charge < -0.3 is 4.90 Å². The Morgan fingerprint density at radius 2 is 1.67 bits per heavy atom. The molecule has 21 heavy (non-hydrogen) atoms. The monoisotopic (exact) mass is 310 g/mol. The number of hydrogen-bond acceptors (Lipinski definition) is 3. The first-order valence-corrected chi connectivity index (χ1v) is 8.99. The van der Waals surface area contributed by atoms with Crippen molar-refractivity contribution < 1.29 is 13.2 Å². The zero-order chi connectivity index (χ0) is 15.5. The molecule has 0 radical (unpaired) electrons. The minimum absolute atomic E-state index is 0.101. The molecule has 1 heterocycles. The smallest absolute Gasteiger partial charge is 0.222 e. The summed E-state index contributed by atoms with van der Waals surface area (Å²) in [5, 5.41) is 0. The molecule has 0 bridgehead atoms. The van der Waals surface area contributed by atoms with Crippen LogP contribution in [0.2, 0.25) is 0 Å². The maximum absolute atomic E-state index is 12.2. The number of carbonyl (C=O) groups excluding carboxylic acids is 1. The van der Waals surface area contributed by atoms with Crippen LogP contribution in [0.25, 0.3) is 0 Å². The fraction of sp³-hybridized carbons (Fsp3) is 0.533. The SMILES string of the molecule is Cc1ccc(CCC(=O)N2CCN(S(C)(=O)=O)CC2)cc1. The van der Waals surface area contributed by atoms with E-state index in [4.69, 9.17) is 0 Å². The first-order chi connectivity index (χ1) is 9.86. The molecule has 0 unspecified atom stereocenters. The van der Waals surface area contributed by atoms with Gasteiger partial charge in [0.15, 0.2) is 0 Å². The highest BCUT2D eigenvalue weighted by molar-refractivity contribution is 7.88. The zero-order valence-corrected chi connectivity index (χ0v) is 13.4. The second-order valence-electron chi connectivity index (χ2n) is 5.53. The minimum Gasteiger partial charge on any atom is -0.340 e. The Labute approximate surface area is 126 Å². The number of amides is 1. The van der Waals surface area contributed by atoms with Crippen molar-refractivity contribution >= 4 is 15.9 Å². The molecule has 116 valence electrons. The summed E-state index contributed by atoms with van der Waals surface area (Å²) in [7, 11) is -3.14. The van der Waals surface area contributed by atoms with Crippen molar-refractivity contribution in [2.24, 2.45) is 0 Å². The third-order valence-corrected chi connectivity index (χ3v) is 5.11. The Morgan fingerprint density at radius 3 is 2.19 bits per heavy atom. The lowest BCUT2D eigenvalue weighted by atomic mass is 10.1. The fourth-order valence-electron chi connectivity index (χ4n) is 2.43. The van der Waals surface area contributed by atoms with Gasteiger partial charge in [0.25, 0.3) is 0 Å². The Kier molecular flexibility index (Phi) is 5.00. The molecule has 0 aliphatic carbocycles. The summed E-state index contributed by atoms with van der Waals surface area (Å²) in [6.45, 7) is 3.81. The van der Waals surface area contributed by atoms with E-state index in [9.17, 15) is 13.2 Å². The average molecular weight is 310 g/mol. The second kappa shape index (κ2) is 6.58. The topological polar surface area (TPSA) is 57.7 Å². The van der Waals surface area contributed by atoms with E-state index in [0.717, 1.165) is 12.0 Å². The lowest BCUT2D eigenvalue weighted by Crippen LogP contribution is -2.50. The van der Waals surface area contributed by atoms with Gasteiger partial charge in [-0.3, -0.25) is 4.79 Å². The molecule has 2 rings (SSSR count). The Bertz CT molecular complexity index is 588. The van der Waals surface area contributed by atoms with Crippen molar-refractivity contribution in [3.05, 3.63) is 35.4 Å². The van der Waals surface area contributed by atoms with Crippen LogP contribution in [-0.2, 0) is 21.2 Å². The second-order valence-corrected chi connectivity index (χ2v) is 7.51. The van der Waals surface area contributed by atoms with Crippen LogP contribution in [0.1, 0.15) is 17.5 Å². The standard InChI is InChI=1S/C15H22N2O3S/c1-13-3-5-14(6-4-13)7-8-15(18)16-9-11-17(12-10-16)21(2,19)20/h3-6H,7-12H2,1-2H3. The highest BCUT2D eigenvalue weighted by atomic mass is 32.2. The normalized spacial score (nSPS) is 17.0. The molecule has 5 nitrogen and oxygen atoms in total. The molecule has 1 aromatic carbocycles. The molecule has 6 heteroatoms. The van der Waals surface area contributed by atoms with Crippen LogP contribution in [0.3, 0.4) is 0 Å². The fourth-order valence-corrected chi connectivity index (χ4v) is 3.26. The van der Waals surface area contributed by atoms with Gasteiger partial charge in [0.05, 0.1) is 6.26 Å². The number of sulfonamides is 1. The van der Waals surface area contributed by atoms with Crippen LogP contribution in [0.5, 0.6) is 0 Å². The third kappa shape index (κ3) is 4.54. The Balaban J connectivity index is 1.81. The summed E-state index contributed by atoms with van der Waals surface area (Å²) in [4.78, 5) is 13.9. The van der Waals surface area contributed by atoms with Crippen LogP contribution in [0.4, 0.5) is 0 Å². The average Bonchev–Trinajstić information content (AvgIpc) is 2.45. The van der Waals surface area contributed by atoms with Gasteiger partial charge in [-0.25, -0.2) is 8.42 Å². The molecular weight excluding hydrogens is 288 g/mol. The van der Waals surface area contributed by atoms with Gasteiger partial charge in [0.2, 0.25) is 15.9 Å². The van der Waals surface area contributed by atoms with Crippen molar-refractivity contribution in [1.29, 1.82) is 0 Å². The van der Waals surface area contributed by atoms with E-state index >= 15 is 0 Å². The van der Waals surface area contributed by atoms with Gasteiger partial charge in [-0.05, 0) is 18.9 Å². The molecular formula is C15H22N2O3S. The highest BCUT2D eigenvalue weighted by Gasteiger charge is 2.25. The van der Waals surface area contributed by atoms with E-state index < -0.39 is 10.0 Å². The Morgan fingerprint density at radius 1 is 1.10 bits per heavy atom. The Hall–Kier alpha value is -1.40. The summed E-state index contributed by atoms with van der Waals surface area (Å²) >= 11 is 0. The van der Waals surface area contributed by atoms with Crippen LogP contribution in [0, 0.1) is 6.92 Å². The van der Waals surface area contributed by atoms with Gasteiger partial charge in [-0.2, -0.15) is 4.31 Å².